The summed E-state index contributed by atoms with van der Waals surface area (Å²) < 4.78 is 9.88. The van der Waals surface area contributed by atoms with E-state index in [4.69, 9.17) is 9.47 Å². The predicted molar refractivity (Wildman–Crippen MR) is 74.1 cm³/mol. The minimum atomic E-state index is -0.803. The quantitative estimate of drug-likeness (QED) is 0.623. The maximum Gasteiger partial charge on any atom is 0.329 e. The minimum absolute atomic E-state index is 0.0966. The number of esters is 1. The number of nitrogens with zero attached hydrogens (tertiary/aromatic N) is 1. The molecule has 0 radical (unpaired) electrons. The number of rotatable bonds is 8. The molecule has 0 aromatic carbocycles. The van der Waals surface area contributed by atoms with Crippen molar-refractivity contribution in [3.63, 3.8) is 0 Å². The fraction of sp³-hybridized carbons (Fsp3) is 0.786. The highest BCUT2D eigenvalue weighted by atomic mass is 16.5. The first-order valence-corrected chi connectivity index (χ1v) is 6.66. The average molecular weight is 287 g/mol. The van der Waals surface area contributed by atoms with Crippen LogP contribution in [0.2, 0.25) is 0 Å². The van der Waals surface area contributed by atoms with Gasteiger partial charge in [0.1, 0.15) is 12.6 Å². The summed E-state index contributed by atoms with van der Waals surface area (Å²) in [5.74, 6) is -0.885. The van der Waals surface area contributed by atoms with Crippen LogP contribution in [-0.4, -0.2) is 55.5 Å². The summed E-state index contributed by atoms with van der Waals surface area (Å²) in [4.78, 5) is 36.4. The summed E-state index contributed by atoms with van der Waals surface area (Å²) in [6.07, 6.45) is -0.335. The summed E-state index contributed by atoms with van der Waals surface area (Å²) in [7, 11) is 2.95. The van der Waals surface area contributed by atoms with Gasteiger partial charge in [-0.05, 0) is 26.2 Å². The van der Waals surface area contributed by atoms with Crippen LogP contribution in [-0.2, 0) is 23.9 Å². The Hall–Kier alpha value is -1.43. The van der Waals surface area contributed by atoms with Gasteiger partial charge in [-0.25, -0.2) is 4.79 Å². The summed E-state index contributed by atoms with van der Waals surface area (Å²) in [5, 5.41) is 0. The molecule has 0 fully saturated rings. The maximum atomic E-state index is 12.1. The molecule has 2 unspecified atom stereocenters. The lowest BCUT2D eigenvalue weighted by Crippen LogP contribution is -2.46. The van der Waals surface area contributed by atoms with Crippen molar-refractivity contribution >= 4 is 17.7 Å². The number of likely N-dealkylation sites (N-methyl/N-ethyl adjacent to an activating group) is 1. The van der Waals surface area contributed by atoms with Crippen LogP contribution in [0, 0.1) is 5.92 Å². The summed E-state index contributed by atoms with van der Waals surface area (Å²) in [6, 6.07) is -0.709. The van der Waals surface area contributed by atoms with Crippen molar-refractivity contribution in [1.29, 1.82) is 0 Å². The van der Waals surface area contributed by atoms with Crippen LogP contribution >= 0.6 is 0 Å². The van der Waals surface area contributed by atoms with Gasteiger partial charge in [0.15, 0.2) is 11.9 Å². The van der Waals surface area contributed by atoms with Gasteiger partial charge >= 0.3 is 5.97 Å². The lowest BCUT2D eigenvalue weighted by atomic mass is 10.0. The van der Waals surface area contributed by atoms with Crippen molar-refractivity contribution in [2.24, 2.45) is 5.92 Å². The third kappa shape index (κ3) is 6.14. The van der Waals surface area contributed by atoms with E-state index in [2.05, 4.69) is 0 Å². The molecule has 0 aromatic rings. The molecule has 0 spiro atoms. The predicted octanol–water partition coefficient (Wildman–Crippen LogP) is 1.03. The highest BCUT2D eigenvalue weighted by Gasteiger charge is 2.30. The monoisotopic (exact) mass is 287 g/mol. The highest BCUT2D eigenvalue weighted by Crippen LogP contribution is 2.13. The second-order valence-corrected chi connectivity index (χ2v) is 5.27. The Morgan fingerprint density at radius 3 is 2.10 bits per heavy atom. The number of carbonyl (C=O) groups is 3. The Morgan fingerprint density at radius 1 is 1.15 bits per heavy atom. The molecule has 0 bridgehead atoms. The van der Waals surface area contributed by atoms with Crippen LogP contribution in [0.1, 0.15) is 34.1 Å². The van der Waals surface area contributed by atoms with Crippen molar-refractivity contribution < 1.29 is 23.9 Å². The van der Waals surface area contributed by atoms with E-state index in [1.807, 2.05) is 13.8 Å². The maximum absolute atomic E-state index is 12.1. The molecule has 0 N–H and O–H groups in total. The molecule has 0 aliphatic heterocycles. The van der Waals surface area contributed by atoms with Gasteiger partial charge in [-0.1, -0.05) is 13.8 Å². The average Bonchev–Trinajstić information content (AvgIpc) is 2.34. The van der Waals surface area contributed by atoms with Gasteiger partial charge in [0.25, 0.3) is 0 Å². The van der Waals surface area contributed by atoms with Gasteiger partial charge in [0, 0.05) is 14.2 Å². The standard InChI is InChI=1S/C14H25NO5/c1-9(2)7-12(15(5)13(17)8-19-6)14(18)20-11(4)10(3)16/h9,11-12H,7-8H2,1-6H3. The van der Waals surface area contributed by atoms with Gasteiger partial charge in [0.05, 0.1) is 0 Å². The third-order valence-electron chi connectivity index (χ3n) is 2.96. The highest BCUT2D eigenvalue weighted by molar-refractivity contribution is 5.87. The molecular weight excluding hydrogens is 262 g/mol. The van der Waals surface area contributed by atoms with E-state index < -0.39 is 18.1 Å². The van der Waals surface area contributed by atoms with Crippen molar-refractivity contribution in [3.8, 4) is 0 Å². The van der Waals surface area contributed by atoms with Crippen LogP contribution < -0.4 is 0 Å². The molecule has 0 rings (SSSR count). The van der Waals surface area contributed by atoms with Crippen molar-refractivity contribution in [1.82, 2.24) is 4.90 Å². The lowest BCUT2D eigenvalue weighted by molar-refractivity contribution is -0.162. The molecule has 116 valence electrons. The Morgan fingerprint density at radius 2 is 1.70 bits per heavy atom. The van der Waals surface area contributed by atoms with Crippen LogP contribution in [0.15, 0.2) is 0 Å². The fourth-order valence-corrected chi connectivity index (χ4v) is 1.59. The van der Waals surface area contributed by atoms with E-state index in [0.717, 1.165) is 0 Å². The molecule has 0 saturated heterocycles. The Labute approximate surface area is 120 Å². The number of ketones is 1. The molecule has 20 heavy (non-hydrogen) atoms. The van der Waals surface area contributed by atoms with Crippen LogP contribution in [0.25, 0.3) is 0 Å². The second kappa shape index (κ2) is 8.68. The van der Waals surface area contributed by atoms with Crippen molar-refractivity contribution in [2.45, 2.75) is 46.3 Å². The Bertz CT molecular complexity index is 353. The molecular formula is C14H25NO5. The van der Waals surface area contributed by atoms with E-state index in [0.29, 0.717) is 6.42 Å². The lowest BCUT2D eigenvalue weighted by Gasteiger charge is -2.28. The minimum Gasteiger partial charge on any atom is -0.453 e. The molecule has 0 aliphatic rings. The number of Topliss-reactive ketones (excluding diaryl/α,β-unsaturated/α-hetero) is 1. The van der Waals surface area contributed by atoms with E-state index in [1.54, 1.807) is 0 Å². The van der Waals surface area contributed by atoms with Gasteiger partial charge < -0.3 is 14.4 Å². The topological polar surface area (TPSA) is 72.9 Å². The molecule has 0 aliphatic carbocycles. The normalized spacial score (nSPS) is 13.8. The SMILES string of the molecule is COCC(=O)N(C)C(CC(C)C)C(=O)OC(C)C(C)=O. The molecule has 2 atom stereocenters. The Balaban J connectivity index is 4.90. The zero-order chi connectivity index (χ0) is 15.9. The van der Waals surface area contributed by atoms with E-state index in [9.17, 15) is 14.4 Å². The first kappa shape index (κ1) is 18.6. The second-order valence-electron chi connectivity index (χ2n) is 5.27. The zero-order valence-electron chi connectivity index (χ0n) is 13.1. The summed E-state index contributed by atoms with van der Waals surface area (Å²) in [6.45, 7) is 6.67. The largest absolute Gasteiger partial charge is 0.453 e. The number of methoxy groups -OCH3 is 1. The number of carbonyl (C=O) groups excluding carboxylic acids is 3. The van der Waals surface area contributed by atoms with Crippen molar-refractivity contribution in [3.05, 3.63) is 0 Å². The molecule has 1 amide bonds. The number of amides is 1. The molecule has 0 aromatic heterocycles. The van der Waals surface area contributed by atoms with E-state index in [-0.39, 0.29) is 24.2 Å². The van der Waals surface area contributed by atoms with Crippen LogP contribution in [0.5, 0.6) is 0 Å². The van der Waals surface area contributed by atoms with Crippen LogP contribution in [0.3, 0.4) is 0 Å². The number of ether oxygens (including phenoxy) is 2. The zero-order valence-corrected chi connectivity index (χ0v) is 13.1. The summed E-state index contributed by atoms with van der Waals surface area (Å²) >= 11 is 0. The van der Waals surface area contributed by atoms with Gasteiger partial charge in [-0.2, -0.15) is 0 Å². The number of hydrogen-bond donors (Lipinski definition) is 0. The van der Waals surface area contributed by atoms with E-state index in [1.165, 1.54) is 32.9 Å². The molecule has 0 saturated carbocycles. The molecule has 6 heteroatoms. The third-order valence-corrected chi connectivity index (χ3v) is 2.96. The Kier molecular flexibility index (Phi) is 8.06. The van der Waals surface area contributed by atoms with Gasteiger partial charge in [-0.3, -0.25) is 9.59 Å². The molecule has 0 heterocycles. The summed E-state index contributed by atoms with van der Waals surface area (Å²) in [5.41, 5.74) is 0. The van der Waals surface area contributed by atoms with E-state index >= 15 is 0 Å². The van der Waals surface area contributed by atoms with Crippen molar-refractivity contribution in [2.75, 3.05) is 20.8 Å². The van der Waals surface area contributed by atoms with Crippen LogP contribution in [0.4, 0.5) is 0 Å². The smallest absolute Gasteiger partial charge is 0.329 e. The van der Waals surface area contributed by atoms with Gasteiger partial charge in [-0.15, -0.1) is 0 Å². The number of hydrogen-bond acceptors (Lipinski definition) is 5. The first-order chi connectivity index (χ1) is 9.20. The van der Waals surface area contributed by atoms with Gasteiger partial charge in [0.2, 0.25) is 5.91 Å². The first-order valence-electron chi connectivity index (χ1n) is 6.66. The fourth-order valence-electron chi connectivity index (χ4n) is 1.59. The molecule has 6 nitrogen and oxygen atoms in total.